The van der Waals surface area contributed by atoms with Crippen LogP contribution in [0.5, 0.6) is 0 Å². The summed E-state index contributed by atoms with van der Waals surface area (Å²) >= 11 is 14.7. The number of rotatable bonds is 15. The van der Waals surface area contributed by atoms with Crippen LogP contribution in [-0.4, -0.2) is 114 Å². The Balaban J connectivity index is 0.000000276. The maximum absolute atomic E-state index is 14.7. The fourth-order valence-electron chi connectivity index (χ4n) is 5.18. The number of esters is 1. The number of methoxy groups -OCH3 is 1. The highest BCUT2D eigenvalue weighted by molar-refractivity contribution is 9.10. The van der Waals surface area contributed by atoms with Crippen molar-refractivity contribution in [3.05, 3.63) is 167 Å². The Morgan fingerprint density at radius 3 is 1.82 bits per heavy atom. The fourth-order valence-corrected chi connectivity index (χ4v) is 5.90. The molecule has 6 rings (SSSR count). The molecule has 27 heteroatoms. The van der Waals surface area contributed by atoms with Gasteiger partial charge in [0, 0.05) is 38.7 Å². The van der Waals surface area contributed by atoms with Crippen molar-refractivity contribution >= 4 is 75.5 Å². The first kappa shape index (κ1) is 55.8. The van der Waals surface area contributed by atoms with Crippen molar-refractivity contribution in [1.29, 1.82) is 0 Å². The van der Waals surface area contributed by atoms with Crippen LogP contribution in [0, 0.1) is 11.6 Å². The first-order valence-corrected chi connectivity index (χ1v) is 20.5. The Kier molecular flexibility index (Phi) is 22.4. The Morgan fingerprint density at radius 1 is 0.779 bits per heavy atom. The molecule has 0 unspecified atom stereocenters. The lowest BCUT2D eigenvalue weighted by atomic mass is 9.81. The van der Waals surface area contributed by atoms with Crippen molar-refractivity contribution in [3.63, 3.8) is 0 Å². The van der Waals surface area contributed by atoms with Crippen LogP contribution in [-0.2, 0) is 27.4 Å². The average molecular weight is 1060 g/mol. The summed E-state index contributed by atoms with van der Waals surface area (Å²) in [4.78, 5) is 65.5. The van der Waals surface area contributed by atoms with E-state index in [2.05, 4.69) is 35.1 Å². The number of amides is 1. The number of halogens is 5. The number of hydrogen-bond acceptors (Lipinski definition) is 16. The summed E-state index contributed by atoms with van der Waals surface area (Å²) in [6, 6.07) is 24.0. The molecule has 1 amide bonds. The van der Waals surface area contributed by atoms with Crippen molar-refractivity contribution in [2.45, 2.75) is 25.3 Å². The lowest BCUT2D eigenvalue weighted by Gasteiger charge is -2.24. The Hall–Kier alpha value is -6.52. The molecule has 0 fully saturated rings. The van der Waals surface area contributed by atoms with Crippen LogP contribution in [0.25, 0.3) is 11.1 Å². The van der Waals surface area contributed by atoms with Crippen molar-refractivity contribution in [3.8, 4) is 11.1 Å². The number of carbonyl (C=O) groups is 4. The molecule has 0 saturated carbocycles. The van der Waals surface area contributed by atoms with Gasteiger partial charge in [0.15, 0.2) is 12.2 Å². The molecule has 2 atom stereocenters. The highest BCUT2D eigenvalue weighted by Gasteiger charge is 2.23. The molecule has 2 heterocycles. The van der Waals surface area contributed by atoms with Gasteiger partial charge in [0.2, 0.25) is 11.5 Å². The normalized spacial score (nSPS) is 11.4. The summed E-state index contributed by atoms with van der Waals surface area (Å²) in [5.41, 5.74) is 3.28. The summed E-state index contributed by atoms with van der Waals surface area (Å²) in [7, 11) is -0.264. The molecule has 68 heavy (non-hydrogen) atoms. The third kappa shape index (κ3) is 19.0. The highest BCUT2D eigenvalue weighted by Crippen LogP contribution is 2.25. The standard InChI is InChI=1S/C20H17ClFN3O6.C11H14BrFN2O3.C6H6BClO2.C4H3NO4/c21-14-3-1-2-11(6-14)12-4-5-13(15(22)7-12)9-25(10-16(26)20(29)30)23-19(28)17-8-18(27)24-31-17;1-18-11(17)10(16)6-15(14)5-7-2-3-8(12)4-9(7)13;8-6-3-1-2-5(4-6)7(9)10;6-3-1-2(4(7)8)9-5-3/h1-8,16,26H,9-10H2,(H,23,28)(H,24,27)(H,29,30);2-4,10,16H,5-6,14H2,1H3;1-4,9-10H;1H,(H,5,6)(H,7,8)/t16-;10-;;/m11../s1. The van der Waals surface area contributed by atoms with Gasteiger partial charge in [-0.3, -0.25) is 25.7 Å². The topological polar surface area (TPSA) is 335 Å². The number of benzene rings is 4. The number of hydrazine groups is 2. The quantitative estimate of drug-likeness (QED) is 0.0306. The van der Waals surface area contributed by atoms with E-state index in [1.54, 1.807) is 60.7 Å². The van der Waals surface area contributed by atoms with Gasteiger partial charge < -0.3 is 44.3 Å². The van der Waals surface area contributed by atoms with Crippen LogP contribution in [0.2, 0.25) is 10.0 Å². The second-order valence-corrected chi connectivity index (χ2v) is 15.4. The number of aromatic carboxylic acids is 1. The van der Waals surface area contributed by atoms with E-state index in [-0.39, 0.29) is 36.7 Å². The van der Waals surface area contributed by atoms with E-state index in [1.165, 1.54) is 31.4 Å². The fraction of sp³-hybridized carbons (Fsp3) is 0.171. The number of hydrogen-bond donors (Lipinski definition) is 10. The minimum atomic E-state index is -1.85. The summed E-state index contributed by atoms with van der Waals surface area (Å²) in [5.74, 6) is -0.611. The molecule has 4 aromatic carbocycles. The van der Waals surface area contributed by atoms with Crippen LogP contribution in [0.3, 0.4) is 0 Å². The van der Waals surface area contributed by atoms with Crippen LogP contribution in [0.1, 0.15) is 32.2 Å². The number of carboxylic acid groups (broad SMARTS) is 2. The zero-order chi connectivity index (χ0) is 50.7. The van der Waals surface area contributed by atoms with Gasteiger partial charge in [-0.15, -0.1) is 0 Å². The van der Waals surface area contributed by atoms with E-state index in [9.17, 15) is 47.8 Å². The molecule has 2 aromatic heterocycles. The second-order valence-electron chi connectivity index (χ2n) is 13.6. The second kappa shape index (κ2) is 27.3. The summed E-state index contributed by atoms with van der Waals surface area (Å²) in [5, 5.41) is 60.4. The number of aromatic nitrogens is 2. The SMILES string of the molecule is COC(=O)[C@H](O)CN(N)Cc1ccc(Br)cc1F.O=C(NN(Cc1ccc(-c2cccc(Cl)c2)cc1F)C[C@@H](O)C(=O)O)c1cc(=O)[nH]o1.O=C(O)c1cc(=O)[nH]o1.OB(O)c1cccc(Cl)c1. The predicted octanol–water partition coefficient (Wildman–Crippen LogP) is 2.50. The summed E-state index contributed by atoms with van der Waals surface area (Å²) < 4.78 is 42.1. The van der Waals surface area contributed by atoms with Gasteiger partial charge >= 0.3 is 30.9 Å². The van der Waals surface area contributed by atoms with Crippen LogP contribution < -0.4 is 27.8 Å². The molecule has 0 aliphatic carbocycles. The third-order valence-corrected chi connectivity index (χ3v) is 9.37. The van der Waals surface area contributed by atoms with Crippen LogP contribution >= 0.6 is 39.1 Å². The molecule has 0 saturated heterocycles. The maximum atomic E-state index is 14.7. The van der Waals surface area contributed by atoms with Gasteiger partial charge in [0.05, 0.1) is 32.3 Å². The molecule has 21 nitrogen and oxygen atoms in total. The Morgan fingerprint density at radius 2 is 1.34 bits per heavy atom. The summed E-state index contributed by atoms with van der Waals surface area (Å²) in [6.45, 7) is -0.882. The number of H-pyrrole nitrogens is 2. The first-order valence-electron chi connectivity index (χ1n) is 19.0. The van der Waals surface area contributed by atoms with E-state index in [0.29, 0.717) is 36.7 Å². The maximum Gasteiger partial charge on any atom is 0.488 e. The van der Waals surface area contributed by atoms with Gasteiger partial charge in [-0.25, -0.2) is 33.2 Å². The number of nitrogens with two attached hydrogens (primary N) is 1. The van der Waals surface area contributed by atoms with Crippen LogP contribution in [0.15, 0.2) is 120 Å². The average Bonchev–Trinajstić information content (AvgIpc) is 3.93. The van der Waals surface area contributed by atoms with Gasteiger partial charge in [-0.05, 0) is 59.1 Å². The van der Waals surface area contributed by atoms with E-state index < -0.39 is 72.4 Å². The number of aliphatic hydroxyl groups is 2. The third-order valence-electron chi connectivity index (χ3n) is 8.41. The lowest BCUT2D eigenvalue weighted by molar-refractivity contribution is -0.151. The van der Waals surface area contributed by atoms with Crippen LogP contribution in [0.4, 0.5) is 8.78 Å². The molecule has 0 bridgehead atoms. The molecule has 11 N–H and O–H groups in total. The van der Waals surface area contributed by atoms with Crippen molar-refractivity contribution in [2.24, 2.45) is 5.84 Å². The zero-order valence-corrected chi connectivity index (χ0v) is 38.1. The number of nitrogens with one attached hydrogen (secondary N) is 3. The molecule has 6 aromatic rings. The molecule has 0 spiro atoms. The Bertz CT molecular complexity index is 2760. The van der Waals surface area contributed by atoms with E-state index in [1.807, 2.05) is 10.3 Å². The van der Waals surface area contributed by atoms with Gasteiger partial charge in [0.25, 0.3) is 11.1 Å². The number of carboxylic acids is 2. The van der Waals surface area contributed by atoms with Gasteiger partial charge in [0.1, 0.15) is 11.6 Å². The molecule has 0 radical (unpaired) electrons. The molecular formula is C41H40BBrCl2F2N6O15. The number of aromatic amines is 2. The molecule has 362 valence electrons. The van der Waals surface area contributed by atoms with Crippen molar-refractivity contribution in [1.82, 2.24) is 25.8 Å². The number of aliphatic carboxylic acids is 1. The lowest BCUT2D eigenvalue weighted by Crippen LogP contribution is -2.47. The highest BCUT2D eigenvalue weighted by atomic mass is 79.9. The smallest absolute Gasteiger partial charge is 0.479 e. The van der Waals surface area contributed by atoms with Gasteiger partial charge in [-0.1, -0.05) is 81.6 Å². The monoisotopic (exact) mass is 1050 g/mol. The Labute approximate surface area is 401 Å². The molecule has 0 aliphatic heterocycles. The number of nitrogens with zero attached hydrogens (tertiary/aromatic N) is 2. The molecule has 0 aliphatic rings. The first-order chi connectivity index (χ1) is 32.1. The number of ether oxygens (including phenoxy) is 1. The number of carbonyl (C=O) groups excluding carboxylic acids is 2. The predicted molar refractivity (Wildman–Crippen MR) is 242 cm³/mol. The van der Waals surface area contributed by atoms with E-state index in [4.69, 9.17) is 49.3 Å². The van der Waals surface area contributed by atoms with E-state index >= 15 is 0 Å². The van der Waals surface area contributed by atoms with E-state index in [0.717, 1.165) is 22.2 Å². The number of aliphatic hydroxyl groups excluding tert-OH is 2. The minimum absolute atomic E-state index is 0.0766. The largest absolute Gasteiger partial charge is 0.488 e. The van der Waals surface area contributed by atoms with Gasteiger partial charge in [-0.2, -0.15) is 10.3 Å². The summed E-state index contributed by atoms with van der Waals surface area (Å²) in [6.07, 6.45) is -3.20. The van der Waals surface area contributed by atoms with Crippen molar-refractivity contribution in [2.75, 3.05) is 20.2 Å². The minimum Gasteiger partial charge on any atom is -0.479 e. The molecular weight excluding hydrogens is 1020 g/mol. The zero-order valence-electron chi connectivity index (χ0n) is 35.0. The van der Waals surface area contributed by atoms with Crippen molar-refractivity contribution < 1.29 is 72.2 Å².